The van der Waals surface area contributed by atoms with E-state index in [-0.39, 0.29) is 5.03 Å². The molecule has 0 atom stereocenters. The highest BCUT2D eigenvalue weighted by Gasteiger charge is 2.22. The molecule has 4 nitrogen and oxygen atoms in total. The minimum atomic E-state index is -3.70. The van der Waals surface area contributed by atoms with E-state index < -0.39 is 9.05 Å². The Kier molecular flexibility index (Phi) is 3.26. The van der Waals surface area contributed by atoms with E-state index in [1.165, 1.54) is 19.3 Å². The largest absolute Gasteiger partial charge is 0.333 e. The molecule has 1 aliphatic rings. The van der Waals surface area contributed by atoms with Crippen molar-refractivity contribution in [1.29, 1.82) is 0 Å². The average Bonchev–Trinajstić information content (AvgIpc) is 2.53. The smallest absolute Gasteiger partial charge is 0.280 e. The second kappa shape index (κ2) is 4.37. The predicted octanol–water partition coefficient (Wildman–Crippen LogP) is 2.17. The third-order valence-electron chi connectivity index (χ3n) is 3.08. The third-order valence-corrected chi connectivity index (χ3v) is 4.25. The van der Waals surface area contributed by atoms with Gasteiger partial charge in [-0.05, 0) is 18.8 Å². The SMILES string of the molecule is CCc1nc(S(=O)(=O)Cl)cn1CC1CCC1. The molecule has 0 unspecified atom stereocenters. The van der Waals surface area contributed by atoms with Crippen LogP contribution in [-0.2, 0) is 22.0 Å². The first-order valence-electron chi connectivity index (χ1n) is 5.51. The summed E-state index contributed by atoms with van der Waals surface area (Å²) in [6.45, 7) is 2.83. The Hall–Kier alpha value is -0.550. The van der Waals surface area contributed by atoms with Gasteiger partial charge in [0.05, 0.1) is 0 Å². The van der Waals surface area contributed by atoms with Crippen molar-refractivity contribution < 1.29 is 8.42 Å². The van der Waals surface area contributed by atoms with E-state index in [0.29, 0.717) is 5.92 Å². The molecule has 1 fully saturated rings. The minimum Gasteiger partial charge on any atom is -0.333 e. The second-order valence-electron chi connectivity index (χ2n) is 4.24. The molecule has 2 rings (SSSR count). The molecule has 90 valence electrons. The zero-order chi connectivity index (χ0) is 11.8. The van der Waals surface area contributed by atoms with Crippen molar-refractivity contribution in [3.05, 3.63) is 12.0 Å². The lowest BCUT2D eigenvalue weighted by Crippen LogP contribution is -2.18. The van der Waals surface area contributed by atoms with Gasteiger partial charge >= 0.3 is 0 Å². The summed E-state index contributed by atoms with van der Waals surface area (Å²) in [5.74, 6) is 1.47. The molecule has 0 bridgehead atoms. The molecule has 0 N–H and O–H groups in total. The van der Waals surface area contributed by atoms with Crippen molar-refractivity contribution >= 4 is 19.7 Å². The van der Waals surface area contributed by atoms with Gasteiger partial charge in [-0.1, -0.05) is 13.3 Å². The van der Waals surface area contributed by atoms with Crippen LogP contribution in [0, 0.1) is 5.92 Å². The van der Waals surface area contributed by atoms with Gasteiger partial charge in [0, 0.05) is 29.8 Å². The van der Waals surface area contributed by atoms with E-state index in [2.05, 4.69) is 4.98 Å². The van der Waals surface area contributed by atoms with Gasteiger partial charge in [-0.3, -0.25) is 0 Å². The minimum absolute atomic E-state index is 0.0228. The standard InChI is InChI=1S/C10H15ClN2O2S/c1-2-9-12-10(16(11,14)15)7-13(9)6-8-4-3-5-8/h7-8H,2-6H2,1H3. The van der Waals surface area contributed by atoms with Gasteiger partial charge in [0.15, 0.2) is 5.03 Å². The van der Waals surface area contributed by atoms with Crippen molar-refractivity contribution in [1.82, 2.24) is 9.55 Å². The van der Waals surface area contributed by atoms with E-state index in [0.717, 1.165) is 18.8 Å². The first-order valence-corrected chi connectivity index (χ1v) is 7.82. The summed E-state index contributed by atoms with van der Waals surface area (Å²) in [5.41, 5.74) is 0. The maximum Gasteiger partial charge on any atom is 0.280 e. The molecule has 0 radical (unpaired) electrons. The summed E-state index contributed by atoms with van der Waals surface area (Å²) < 4.78 is 24.3. The Morgan fingerprint density at radius 1 is 1.56 bits per heavy atom. The third kappa shape index (κ3) is 2.40. The Bertz CT molecular complexity index is 477. The normalized spacial score (nSPS) is 17.4. The molecule has 0 aromatic carbocycles. The molecule has 0 aliphatic heterocycles. The molecule has 1 heterocycles. The molecular formula is C10H15ClN2O2S. The lowest BCUT2D eigenvalue weighted by Gasteiger charge is -2.26. The monoisotopic (exact) mass is 262 g/mol. The first-order chi connectivity index (χ1) is 7.50. The number of aryl methyl sites for hydroxylation is 1. The van der Waals surface area contributed by atoms with Crippen LogP contribution in [0.25, 0.3) is 0 Å². The molecule has 0 saturated heterocycles. The number of aromatic nitrogens is 2. The summed E-state index contributed by atoms with van der Waals surface area (Å²) in [6.07, 6.45) is 6.01. The highest BCUT2D eigenvalue weighted by molar-refractivity contribution is 8.13. The van der Waals surface area contributed by atoms with Crippen LogP contribution in [0.5, 0.6) is 0 Å². The van der Waals surface area contributed by atoms with Crippen LogP contribution < -0.4 is 0 Å². The Labute approximate surface area is 100 Å². The Morgan fingerprint density at radius 2 is 2.25 bits per heavy atom. The van der Waals surface area contributed by atoms with Crippen LogP contribution in [0.2, 0.25) is 0 Å². The summed E-state index contributed by atoms with van der Waals surface area (Å²) in [5, 5.41) is -0.0228. The van der Waals surface area contributed by atoms with Crippen LogP contribution in [0.1, 0.15) is 32.0 Å². The van der Waals surface area contributed by atoms with Gasteiger partial charge < -0.3 is 4.57 Å². The quantitative estimate of drug-likeness (QED) is 0.782. The number of hydrogen-bond acceptors (Lipinski definition) is 3. The zero-order valence-electron chi connectivity index (χ0n) is 9.19. The van der Waals surface area contributed by atoms with Gasteiger partial charge in [-0.2, -0.15) is 0 Å². The van der Waals surface area contributed by atoms with Gasteiger partial charge in [0.2, 0.25) is 0 Å². The zero-order valence-corrected chi connectivity index (χ0v) is 10.8. The van der Waals surface area contributed by atoms with E-state index in [1.54, 1.807) is 6.20 Å². The van der Waals surface area contributed by atoms with E-state index >= 15 is 0 Å². The van der Waals surface area contributed by atoms with Crippen LogP contribution in [0.3, 0.4) is 0 Å². The summed E-state index contributed by atoms with van der Waals surface area (Å²) in [6, 6.07) is 0. The van der Waals surface area contributed by atoms with Gasteiger partial charge in [-0.15, -0.1) is 0 Å². The van der Waals surface area contributed by atoms with Crippen molar-refractivity contribution in [2.75, 3.05) is 0 Å². The molecule has 0 spiro atoms. The van der Waals surface area contributed by atoms with Crippen LogP contribution in [-0.4, -0.2) is 18.0 Å². The van der Waals surface area contributed by atoms with Crippen molar-refractivity contribution in [3.63, 3.8) is 0 Å². The number of nitrogens with zero attached hydrogens (tertiary/aromatic N) is 2. The topological polar surface area (TPSA) is 52.0 Å². The van der Waals surface area contributed by atoms with Crippen molar-refractivity contribution in [2.45, 2.75) is 44.2 Å². The van der Waals surface area contributed by atoms with Gasteiger partial charge in [-0.25, -0.2) is 13.4 Å². The second-order valence-corrected chi connectivity index (χ2v) is 6.75. The van der Waals surface area contributed by atoms with E-state index in [9.17, 15) is 8.42 Å². The van der Waals surface area contributed by atoms with Crippen LogP contribution in [0.4, 0.5) is 0 Å². The molecule has 1 aromatic rings. The molecular weight excluding hydrogens is 248 g/mol. The number of hydrogen-bond donors (Lipinski definition) is 0. The lowest BCUT2D eigenvalue weighted by atomic mass is 9.85. The molecule has 6 heteroatoms. The molecule has 1 saturated carbocycles. The van der Waals surface area contributed by atoms with E-state index in [4.69, 9.17) is 10.7 Å². The molecule has 1 aliphatic carbocycles. The molecule has 16 heavy (non-hydrogen) atoms. The van der Waals surface area contributed by atoms with Crippen molar-refractivity contribution in [2.24, 2.45) is 5.92 Å². The molecule has 1 aromatic heterocycles. The Morgan fingerprint density at radius 3 is 2.69 bits per heavy atom. The average molecular weight is 263 g/mol. The van der Waals surface area contributed by atoms with Gasteiger partial charge in [0.25, 0.3) is 9.05 Å². The van der Waals surface area contributed by atoms with E-state index in [1.807, 2.05) is 11.5 Å². The fourth-order valence-electron chi connectivity index (χ4n) is 1.94. The van der Waals surface area contributed by atoms with Crippen LogP contribution >= 0.6 is 10.7 Å². The number of imidazole rings is 1. The molecule has 0 amide bonds. The maximum absolute atomic E-state index is 11.2. The highest BCUT2D eigenvalue weighted by Crippen LogP contribution is 2.28. The Balaban J connectivity index is 2.25. The van der Waals surface area contributed by atoms with Gasteiger partial charge in [0.1, 0.15) is 5.82 Å². The lowest BCUT2D eigenvalue weighted by molar-refractivity contribution is 0.274. The fourth-order valence-corrected chi connectivity index (χ4v) is 2.63. The predicted molar refractivity (Wildman–Crippen MR) is 62.0 cm³/mol. The van der Waals surface area contributed by atoms with Crippen LogP contribution in [0.15, 0.2) is 11.2 Å². The maximum atomic E-state index is 11.2. The highest BCUT2D eigenvalue weighted by atomic mass is 35.7. The summed E-state index contributed by atoms with van der Waals surface area (Å²) in [4.78, 5) is 4.05. The van der Waals surface area contributed by atoms with Crippen molar-refractivity contribution in [3.8, 4) is 0 Å². The number of halogens is 1. The summed E-state index contributed by atoms with van der Waals surface area (Å²) in [7, 11) is 1.58. The number of rotatable bonds is 4. The fraction of sp³-hybridized carbons (Fsp3) is 0.700. The first kappa shape index (κ1) is 11.9. The summed E-state index contributed by atoms with van der Waals surface area (Å²) >= 11 is 0.